The number of halogens is 3. The number of nitrogens with one attached hydrogen (secondary N) is 1. The predicted molar refractivity (Wildman–Crippen MR) is 79.8 cm³/mol. The molecule has 1 N–H and O–H groups in total. The first-order valence-electron chi connectivity index (χ1n) is 5.57. The molecule has 1 aromatic rings. The van der Waals surface area contributed by atoms with E-state index in [0.29, 0.717) is 10.6 Å². The maximum atomic E-state index is 12.4. The van der Waals surface area contributed by atoms with Gasteiger partial charge < -0.3 is 10.2 Å². The van der Waals surface area contributed by atoms with Gasteiger partial charge in [0.05, 0.1) is 10.6 Å². The Balaban J connectivity index is 0.00000162. The van der Waals surface area contributed by atoms with Crippen molar-refractivity contribution in [1.82, 2.24) is 10.2 Å². The second-order valence-electron chi connectivity index (χ2n) is 4.15. The summed E-state index contributed by atoms with van der Waals surface area (Å²) in [6.45, 7) is 4.43. The Labute approximate surface area is 126 Å². The van der Waals surface area contributed by atoms with E-state index in [1.165, 1.54) is 0 Å². The maximum absolute atomic E-state index is 12.4. The fourth-order valence-electron chi connectivity index (χ4n) is 1.97. The Morgan fingerprint density at radius 1 is 1.56 bits per heavy atom. The predicted octanol–water partition coefficient (Wildman–Crippen LogP) is 2.96. The second kappa shape index (κ2) is 6.75. The molecular weight excluding hydrogens is 339 g/mol. The van der Waals surface area contributed by atoms with Gasteiger partial charge in [-0.15, -0.1) is 12.4 Å². The van der Waals surface area contributed by atoms with E-state index in [-0.39, 0.29) is 24.4 Å². The van der Waals surface area contributed by atoms with Crippen LogP contribution in [0, 0.1) is 0 Å². The first kappa shape index (κ1) is 15.8. The van der Waals surface area contributed by atoms with Crippen LogP contribution in [0.1, 0.15) is 17.3 Å². The number of carbonyl (C=O) groups is 1. The topological polar surface area (TPSA) is 32.3 Å². The summed E-state index contributed by atoms with van der Waals surface area (Å²) >= 11 is 9.48. The van der Waals surface area contributed by atoms with Crippen molar-refractivity contribution in [3.05, 3.63) is 33.3 Å². The van der Waals surface area contributed by atoms with E-state index in [2.05, 4.69) is 21.2 Å². The Bertz CT molecular complexity index is 442. The molecule has 1 saturated heterocycles. The average molecular weight is 354 g/mol. The normalized spacial score (nSPS) is 19.3. The van der Waals surface area contributed by atoms with Gasteiger partial charge in [-0.25, -0.2) is 0 Å². The quantitative estimate of drug-likeness (QED) is 0.841. The van der Waals surface area contributed by atoms with Gasteiger partial charge in [0.25, 0.3) is 5.91 Å². The molecule has 1 atom stereocenters. The highest BCUT2D eigenvalue weighted by atomic mass is 79.9. The van der Waals surface area contributed by atoms with Crippen LogP contribution >= 0.6 is 39.9 Å². The van der Waals surface area contributed by atoms with Crippen LogP contribution in [0.25, 0.3) is 0 Å². The van der Waals surface area contributed by atoms with E-state index < -0.39 is 0 Å². The number of nitrogens with zero attached hydrogens (tertiary/aromatic N) is 1. The van der Waals surface area contributed by atoms with Crippen LogP contribution in [0.15, 0.2) is 22.7 Å². The number of hydrogen-bond acceptors (Lipinski definition) is 2. The van der Waals surface area contributed by atoms with Gasteiger partial charge in [0.2, 0.25) is 0 Å². The summed E-state index contributed by atoms with van der Waals surface area (Å²) in [6, 6.07) is 5.63. The molecule has 1 heterocycles. The molecule has 100 valence electrons. The van der Waals surface area contributed by atoms with Crippen molar-refractivity contribution in [3.63, 3.8) is 0 Å². The first-order valence-corrected chi connectivity index (χ1v) is 6.74. The molecule has 2 rings (SSSR count). The van der Waals surface area contributed by atoms with E-state index in [1.54, 1.807) is 6.07 Å². The molecule has 0 aromatic heterocycles. The summed E-state index contributed by atoms with van der Waals surface area (Å²) in [7, 11) is 0. The molecular formula is C12H15BrCl2N2O. The van der Waals surface area contributed by atoms with E-state index in [4.69, 9.17) is 11.6 Å². The lowest BCUT2D eigenvalue weighted by Gasteiger charge is -2.34. The smallest absolute Gasteiger partial charge is 0.255 e. The fraction of sp³-hybridized carbons (Fsp3) is 0.417. The molecule has 0 unspecified atom stereocenters. The minimum Gasteiger partial charge on any atom is -0.333 e. The lowest BCUT2D eigenvalue weighted by molar-refractivity contribution is 0.0656. The minimum absolute atomic E-state index is 0. The SMILES string of the molecule is C[C@@H]1CNCCN1C(=O)c1cccc(Br)c1Cl.Cl. The lowest BCUT2D eigenvalue weighted by Crippen LogP contribution is -2.52. The van der Waals surface area contributed by atoms with E-state index in [9.17, 15) is 4.79 Å². The van der Waals surface area contributed by atoms with Crippen LogP contribution in [-0.4, -0.2) is 36.5 Å². The number of benzene rings is 1. The van der Waals surface area contributed by atoms with Crippen LogP contribution in [0.4, 0.5) is 0 Å². The zero-order valence-corrected chi connectivity index (χ0v) is 13.1. The molecule has 18 heavy (non-hydrogen) atoms. The molecule has 3 nitrogen and oxygen atoms in total. The average Bonchev–Trinajstić information content (AvgIpc) is 2.32. The summed E-state index contributed by atoms with van der Waals surface area (Å²) in [4.78, 5) is 14.2. The summed E-state index contributed by atoms with van der Waals surface area (Å²) in [5, 5.41) is 3.75. The molecule has 1 fully saturated rings. The second-order valence-corrected chi connectivity index (χ2v) is 5.39. The Morgan fingerprint density at radius 3 is 2.94 bits per heavy atom. The zero-order valence-electron chi connectivity index (χ0n) is 9.95. The number of piperazine rings is 1. The number of hydrogen-bond donors (Lipinski definition) is 1. The van der Waals surface area contributed by atoms with E-state index in [1.807, 2.05) is 24.0 Å². The molecule has 0 bridgehead atoms. The van der Waals surface area contributed by atoms with Gasteiger partial charge in [0, 0.05) is 30.1 Å². The minimum atomic E-state index is 0. The van der Waals surface area contributed by atoms with Gasteiger partial charge in [-0.2, -0.15) is 0 Å². The van der Waals surface area contributed by atoms with Gasteiger partial charge in [-0.3, -0.25) is 4.79 Å². The van der Waals surface area contributed by atoms with Crippen molar-refractivity contribution < 1.29 is 4.79 Å². The van der Waals surface area contributed by atoms with Gasteiger partial charge >= 0.3 is 0 Å². The molecule has 1 aliphatic heterocycles. The highest BCUT2D eigenvalue weighted by Gasteiger charge is 2.25. The highest BCUT2D eigenvalue weighted by Crippen LogP contribution is 2.27. The highest BCUT2D eigenvalue weighted by molar-refractivity contribution is 9.10. The molecule has 6 heteroatoms. The number of rotatable bonds is 1. The summed E-state index contributed by atoms with van der Waals surface area (Å²) < 4.78 is 0.757. The lowest BCUT2D eigenvalue weighted by atomic mass is 10.1. The van der Waals surface area contributed by atoms with Crippen LogP contribution in [0.5, 0.6) is 0 Å². The zero-order chi connectivity index (χ0) is 12.4. The Hall–Kier alpha value is -0.290. The monoisotopic (exact) mass is 352 g/mol. The Morgan fingerprint density at radius 2 is 2.28 bits per heavy atom. The number of amides is 1. The first-order chi connectivity index (χ1) is 8.11. The van der Waals surface area contributed by atoms with Crippen molar-refractivity contribution in [1.29, 1.82) is 0 Å². The molecule has 0 aliphatic carbocycles. The van der Waals surface area contributed by atoms with Gasteiger partial charge in [0.1, 0.15) is 0 Å². The summed E-state index contributed by atoms with van der Waals surface area (Å²) in [5.41, 5.74) is 0.565. The van der Waals surface area contributed by atoms with Crippen molar-refractivity contribution >= 4 is 45.8 Å². The third kappa shape index (κ3) is 3.18. The van der Waals surface area contributed by atoms with Crippen molar-refractivity contribution in [2.75, 3.05) is 19.6 Å². The Kier molecular flexibility index (Phi) is 5.92. The molecule has 0 saturated carbocycles. The molecule has 1 amide bonds. The van der Waals surface area contributed by atoms with Crippen LogP contribution in [-0.2, 0) is 0 Å². The molecule has 1 aliphatic rings. The molecule has 0 spiro atoms. The van der Waals surface area contributed by atoms with E-state index in [0.717, 1.165) is 24.1 Å². The van der Waals surface area contributed by atoms with Crippen molar-refractivity contribution in [3.8, 4) is 0 Å². The standard InChI is InChI=1S/C12H14BrClN2O.ClH/c1-8-7-15-5-6-16(8)12(17)9-3-2-4-10(13)11(9)14;/h2-4,8,15H,5-7H2,1H3;1H/t8-;/m1./s1. The van der Waals surface area contributed by atoms with E-state index >= 15 is 0 Å². The fourth-order valence-corrected chi connectivity index (χ4v) is 2.54. The summed E-state index contributed by atoms with van der Waals surface area (Å²) in [5.74, 6) is 0.00491. The number of carbonyl (C=O) groups excluding carboxylic acids is 1. The van der Waals surface area contributed by atoms with Crippen LogP contribution < -0.4 is 5.32 Å². The third-order valence-corrected chi connectivity index (χ3v) is 4.24. The van der Waals surface area contributed by atoms with Crippen LogP contribution in [0.2, 0.25) is 5.02 Å². The van der Waals surface area contributed by atoms with Gasteiger partial charge in [0.15, 0.2) is 0 Å². The molecule has 0 radical (unpaired) electrons. The third-order valence-electron chi connectivity index (χ3n) is 2.94. The molecule has 1 aromatic carbocycles. The van der Waals surface area contributed by atoms with Crippen LogP contribution in [0.3, 0.4) is 0 Å². The van der Waals surface area contributed by atoms with Gasteiger partial charge in [-0.1, -0.05) is 17.7 Å². The van der Waals surface area contributed by atoms with Gasteiger partial charge in [-0.05, 0) is 35.0 Å². The van der Waals surface area contributed by atoms with Crippen molar-refractivity contribution in [2.24, 2.45) is 0 Å². The van der Waals surface area contributed by atoms with Crippen molar-refractivity contribution in [2.45, 2.75) is 13.0 Å². The summed E-state index contributed by atoms with van der Waals surface area (Å²) in [6.07, 6.45) is 0. The maximum Gasteiger partial charge on any atom is 0.255 e. The largest absolute Gasteiger partial charge is 0.333 e.